The molecule has 1 saturated heterocycles. The van der Waals surface area contributed by atoms with E-state index in [1.165, 1.54) is 20.8 Å². The molecule has 1 fully saturated rings. The van der Waals surface area contributed by atoms with Crippen molar-refractivity contribution in [2.45, 2.75) is 26.8 Å². The summed E-state index contributed by atoms with van der Waals surface area (Å²) >= 11 is 0. The molecule has 0 bridgehead atoms. The normalized spacial score (nSPS) is 44.6. The topological polar surface area (TPSA) is 70.0 Å². The molecule has 6 heteroatoms. The molecular weight excluding hydrogens is 197 g/mol. The van der Waals surface area contributed by atoms with E-state index in [0.29, 0.717) is 0 Å². The first-order valence-corrected chi connectivity index (χ1v) is 4.34. The van der Waals surface area contributed by atoms with Crippen LogP contribution in [0.2, 0.25) is 0 Å². The highest BCUT2D eigenvalue weighted by Gasteiger charge is 2.35. The number of carbonyl (C=O) groups is 1. The van der Waals surface area contributed by atoms with Gasteiger partial charge >= 0.3 is 7.12 Å². The van der Waals surface area contributed by atoms with Gasteiger partial charge in [-0.3, -0.25) is 4.79 Å². The Kier molecular flexibility index (Phi) is 1.70. The summed E-state index contributed by atoms with van der Waals surface area (Å²) in [5.41, 5.74) is -1.31. The fraction of sp³-hybridized carbons (Fsp3) is 0.889. The molecule has 1 unspecified atom stereocenters. The lowest BCUT2D eigenvalue weighted by Gasteiger charge is -2.36. The first kappa shape index (κ1) is 5.66. The number of morpholine rings is 1. The van der Waals surface area contributed by atoms with Gasteiger partial charge in [-0.05, 0) is 0 Å². The molecule has 15 heavy (non-hydrogen) atoms. The molecule has 0 aromatic heterocycles. The molecule has 0 aromatic carbocycles. The summed E-state index contributed by atoms with van der Waals surface area (Å²) in [5, 5.41) is 18.5. The van der Waals surface area contributed by atoms with E-state index in [2.05, 4.69) is 4.74 Å². The van der Waals surface area contributed by atoms with Crippen LogP contribution in [-0.2, 0) is 9.53 Å². The predicted octanol–water partition coefficient (Wildman–Crippen LogP) is -0.728. The third-order valence-electron chi connectivity index (χ3n) is 1.62. The smallest absolute Gasteiger partial charge is 0.425 e. The summed E-state index contributed by atoms with van der Waals surface area (Å²) in [5.74, 6) is -4.48. The molecule has 0 aromatic rings. The standard InChI is InChI=1S/C9H18BNO4/c1-9(2,3)8(12)11-4-5-15-7(6-11)10(13)14/h7,13-14H,4-6H2,1-3H3/i4D2,5D2,6D2,7D. The van der Waals surface area contributed by atoms with E-state index in [9.17, 15) is 14.8 Å². The maximum Gasteiger partial charge on any atom is 0.484 e. The molecule has 0 radical (unpaired) electrons. The van der Waals surface area contributed by atoms with Crippen molar-refractivity contribution in [1.29, 1.82) is 0 Å². The van der Waals surface area contributed by atoms with Gasteiger partial charge in [-0.2, -0.15) is 0 Å². The minimum absolute atomic E-state index is 0.115. The lowest BCUT2D eigenvalue weighted by Crippen LogP contribution is -2.54. The fourth-order valence-corrected chi connectivity index (χ4v) is 0.832. The van der Waals surface area contributed by atoms with E-state index in [1.807, 2.05) is 0 Å². The van der Waals surface area contributed by atoms with Crippen LogP contribution in [0.3, 0.4) is 0 Å². The van der Waals surface area contributed by atoms with Gasteiger partial charge in [-0.15, -0.1) is 0 Å². The zero-order chi connectivity index (χ0) is 17.9. The summed E-state index contributed by atoms with van der Waals surface area (Å²) in [6, 6.07) is 0. The second kappa shape index (κ2) is 4.51. The predicted molar refractivity (Wildman–Crippen MR) is 56.0 cm³/mol. The average molecular weight is 222 g/mol. The number of amides is 1. The van der Waals surface area contributed by atoms with Crippen LogP contribution in [0.1, 0.15) is 30.4 Å². The minimum Gasteiger partial charge on any atom is -0.425 e. The number of hydrogen-bond donors (Lipinski definition) is 2. The van der Waals surface area contributed by atoms with Crippen molar-refractivity contribution in [3.05, 3.63) is 0 Å². The second-order valence-electron chi connectivity index (χ2n) is 4.06. The molecule has 1 amide bonds. The average Bonchev–Trinajstić information content (AvgIpc) is 2.23. The number of nitrogens with zero attached hydrogens (tertiary/aromatic N) is 1. The van der Waals surface area contributed by atoms with Gasteiger partial charge < -0.3 is 19.7 Å². The molecule has 1 aliphatic heterocycles. The summed E-state index contributed by atoms with van der Waals surface area (Å²) in [6.07, 6.45) is 0. The van der Waals surface area contributed by atoms with E-state index in [-0.39, 0.29) is 4.90 Å². The molecule has 0 saturated carbocycles. The van der Waals surface area contributed by atoms with Gasteiger partial charge in [0.25, 0.3) is 0 Å². The summed E-state index contributed by atoms with van der Waals surface area (Å²) in [6.45, 7) is -5.90. The number of rotatable bonds is 1. The summed E-state index contributed by atoms with van der Waals surface area (Å²) < 4.78 is 58.4. The van der Waals surface area contributed by atoms with Crippen LogP contribution in [0.4, 0.5) is 0 Å². The van der Waals surface area contributed by atoms with Crippen molar-refractivity contribution in [1.82, 2.24) is 4.90 Å². The van der Waals surface area contributed by atoms with Crippen molar-refractivity contribution in [2.75, 3.05) is 19.6 Å². The van der Waals surface area contributed by atoms with Crippen molar-refractivity contribution in [2.24, 2.45) is 5.41 Å². The highest BCUT2D eigenvalue weighted by Crippen LogP contribution is 2.19. The quantitative estimate of drug-likeness (QED) is 0.574. The molecule has 1 heterocycles. The molecule has 1 rings (SSSR count). The number of carbonyl (C=O) groups excluding carboxylic acids is 1. The van der Waals surface area contributed by atoms with Gasteiger partial charge in [0.2, 0.25) is 5.91 Å². The number of hydrogen-bond acceptors (Lipinski definition) is 4. The first-order chi connectivity index (χ1) is 9.43. The SMILES string of the molecule is [2H]C1([2H])OC([2H])(B(O)O)C([2H])([2H])N(C(=O)C(C)(C)C)C1([2H])[2H]. The van der Waals surface area contributed by atoms with Crippen LogP contribution < -0.4 is 0 Å². The van der Waals surface area contributed by atoms with Crippen molar-refractivity contribution >= 4 is 13.0 Å². The van der Waals surface area contributed by atoms with E-state index in [4.69, 9.17) is 9.60 Å². The maximum absolute atomic E-state index is 12.4. The van der Waals surface area contributed by atoms with E-state index in [0.717, 1.165) is 0 Å². The molecule has 5 nitrogen and oxygen atoms in total. The van der Waals surface area contributed by atoms with Crippen molar-refractivity contribution in [3.63, 3.8) is 0 Å². The van der Waals surface area contributed by atoms with Gasteiger partial charge in [0.05, 0.1) is 16.2 Å². The van der Waals surface area contributed by atoms with Crippen molar-refractivity contribution < 1.29 is 29.2 Å². The number of ether oxygens (including phenoxy) is 1. The van der Waals surface area contributed by atoms with E-state index >= 15 is 0 Å². The Labute approximate surface area is 100 Å². The van der Waals surface area contributed by atoms with Crippen LogP contribution in [0, 0.1) is 5.41 Å². The monoisotopic (exact) mass is 222 g/mol. The molecule has 1 aliphatic rings. The molecule has 1 atom stereocenters. The van der Waals surface area contributed by atoms with E-state index in [1.54, 1.807) is 0 Å². The zero-order valence-electron chi connectivity index (χ0n) is 15.7. The lowest BCUT2D eigenvalue weighted by molar-refractivity contribution is -0.145. The van der Waals surface area contributed by atoms with Crippen molar-refractivity contribution in [3.8, 4) is 0 Å². The highest BCUT2D eigenvalue weighted by molar-refractivity contribution is 6.43. The third kappa shape index (κ3) is 3.19. The minimum atomic E-state index is -3.35. The second-order valence-corrected chi connectivity index (χ2v) is 4.06. The Bertz CT molecular complexity index is 481. The van der Waals surface area contributed by atoms with Crippen LogP contribution in [0.5, 0.6) is 0 Å². The highest BCUT2D eigenvalue weighted by atomic mass is 16.5. The Hall–Kier alpha value is -0.585. The molecule has 2 N–H and O–H groups in total. The zero-order valence-corrected chi connectivity index (χ0v) is 8.74. The Morgan fingerprint density at radius 3 is 2.73 bits per heavy atom. The van der Waals surface area contributed by atoms with Gasteiger partial charge in [-0.1, -0.05) is 20.8 Å². The van der Waals surface area contributed by atoms with Gasteiger partial charge in [0.15, 0.2) is 0 Å². The summed E-state index contributed by atoms with van der Waals surface area (Å²) in [7, 11) is -2.82. The summed E-state index contributed by atoms with van der Waals surface area (Å²) in [4.78, 5) is 12.3. The van der Waals surface area contributed by atoms with Crippen LogP contribution >= 0.6 is 0 Å². The Morgan fingerprint density at radius 2 is 2.27 bits per heavy atom. The molecular formula is C9H18BNO4. The van der Waals surface area contributed by atoms with Gasteiger partial charge in [0, 0.05) is 18.4 Å². The Balaban J connectivity index is 3.63. The molecule has 0 spiro atoms. The Morgan fingerprint density at radius 1 is 1.67 bits per heavy atom. The molecule has 0 aliphatic carbocycles. The maximum atomic E-state index is 12.4. The first-order valence-electron chi connectivity index (χ1n) is 7.84. The van der Waals surface area contributed by atoms with Crippen LogP contribution in [0.15, 0.2) is 0 Å². The van der Waals surface area contributed by atoms with Gasteiger partial charge in [-0.25, -0.2) is 0 Å². The fourth-order valence-electron chi connectivity index (χ4n) is 0.832. The third-order valence-corrected chi connectivity index (χ3v) is 1.62. The van der Waals surface area contributed by atoms with Crippen LogP contribution in [0.25, 0.3) is 0 Å². The van der Waals surface area contributed by atoms with Crippen LogP contribution in [-0.4, -0.2) is 53.5 Å². The molecule has 86 valence electrons. The van der Waals surface area contributed by atoms with Gasteiger partial charge in [0.1, 0.15) is 5.98 Å². The van der Waals surface area contributed by atoms with E-state index < -0.39 is 44.0 Å². The lowest BCUT2D eigenvalue weighted by atomic mass is 9.80. The largest absolute Gasteiger partial charge is 0.484 e.